The van der Waals surface area contributed by atoms with Crippen molar-refractivity contribution >= 4 is 11.3 Å². The van der Waals surface area contributed by atoms with Gasteiger partial charge < -0.3 is 5.32 Å². The van der Waals surface area contributed by atoms with Crippen LogP contribution in [0, 0.1) is 5.82 Å². The van der Waals surface area contributed by atoms with Gasteiger partial charge in [-0.1, -0.05) is 6.92 Å². The van der Waals surface area contributed by atoms with Gasteiger partial charge in [-0.15, -0.1) is 11.3 Å². The van der Waals surface area contributed by atoms with Crippen LogP contribution in [0.1, 0.15) is 16.7 Å². The normalized spacial score (nSPS) is 10.5. The molecule has 1 N–H and O–H groups in total. The lowest BCUT2D eigenvalue weighted by atomic mass is 10.3. The Balaban J connectivity index is 2.77. The predicted molar refractivity (Wildman–Crippen MR) is 46.4 cm³/mol. The van der Waals surface area contributed by atoms with Crippen LogP contribution in [0.3, 0.4) is 0 Å². The standard InChI is InChI=1S/C8H12FNS/c1-3-8-7(9)4-6(11-8)5-10-2/h4,10H,3,5H2,1-2H3. The van der Waals surface area contributed by atoms with Crippen LogP contribution in [0.2, 0.25) is 0 Å². The Labute approximate surface area is 70.2 Å². The minimum atomic E-state index is -0.0530. The van der Waals surface area contributed by atoms with Crippen molar-refractivity contribution in [3.05, 3.63) is 21.6 Å². The third kappa shape index (κ3) is 2.01. The van der Waals surface area contributed by atoms with Crippen LogP contribution in [-0.4, -0.2) is 7.05 Å². The quantitative estimate of drug-likeness (QED) is 0.738. The van der Waals surface area contributed by atoms with Gasteiger partial charge in [0.2, 0.25) is 0 Å². The molecule has 1 heterocycles. The zero-order chi connectivity index (χ0) is 8.27. The first kappa shape index (κ1) is 8.68. The van der Waals surface area contributed by atoms with Crippen molar-refractivity contribution in [2.45, 2.75) is 19.9 Å². The molecule has 11 heavy (non-hydrogen) atoms. The summed E-state index contributed by atoms with van der Waals surface area (Å²) in [6.07, 6.45) is 0.792. The lowest BCUT2D eigenvalue weighted by Crippen LogP contribution is -2.02. The molecule has 0 atom stereocenters. The van der Waals surface area contributed by atoms with Crippen molar-refractivity contribution in [1.29, 1.82) is 0 Å². The van der Waals surface area contributed by atoms with Gasteiger partial charge in [-0.05, 0) is 19.5 Å². The first-order valence-corrected chi connectivity index (χ1v) is 4.51. The summed E-state index contributed by atoms with van der Waals surface area (Å²) in [5.74, 6) is -0.0530. The molecule has 1 aromatic heterocycles. The van der Waals surface area contributed by atoms with E-state index in [-0.39, 0.29) is 5.82 Å². The smallest absolute Gasteiger partial charge is 0.137 e. The van der Waals surface area contributed by atoms with Crippen molar-refractivity contribution < 1.29 is 4.39 Å². The van der Waals surface area contributed by atoms with Crippen LogP contribution in [0.4, 0.5) is 4.39 Å². The Morgan fingerprint density at radius 2 is 2.36 bits per heavy atom. The molecule has 0 amide bonds. The Hall–Kier alpha value is -0.410. The number of nitrogens with one attached hydrogen (secondary N) is 1. The van der Waals surface area contributed by atoms with Gasteiger partial charge in [-0.2, -0.15) is 0 Å². The van der Waals surface area contributed by atoms with E-state index in [1.165, 1.54) is 0 Å². The van der Waals surface area contributed by atoms with Crippen molar-refractivity contribution in [3.8, 4) is 0 Å². The summed E-state index contributed by atoms with van der Waals surface area (Å²) in [6.45, 7) is 2.74. The molecular formula is C8H12FNS. The summed E-state index contributed by atoms with van der Waals surface area (Å²) in [7, 11) is 1.86. The van der Waals surface area contributed by atoms with E-state index >= 15 is 0 Å². The van der Waals surface area contributed by atoms with Crippen LogP contribution in [0.5, 0.6) is 0 Å². The van der Waals surface area contributed by atoms with E-state index in [1.807, 2.05) is 14.0 Å². The molecule has 0 aliphatic carbocycles. The van der Waals surface area contributed by atoms with Gasteiger partial charge in [0, 0.05) is 16.3 Å². The molecule has 0 fully saturated rings. The molecule has 0 aliphatic heterocycles. The highest BCUT2D eigenvalue weighted by Crippen LogP contribution is 2.21. The lowest BCUT2D eigenvalue weighted by Gasteiger charge is -1.90. The maximum Gasteiger partial charge on any atom is 0.137 e. The zero-order valence-electron chi connectivity index (χ0n) is 6.78. The molecule has 3 heteroatoms. The van der Waals surface area contributed by atoms with Crippen molar-refractivity contribution in [2.24, 2.45) is 0 Å². The third-order valence-electron chi connectivity index (χ3n) is 1.48. The maximum atomic E-state index is 12.9. The van der Waals surface area contributed by atoms with E-state index in [0.717, 1.165) is 22.7 Å². The largest absolute Gasteiger partial charge is 0.315 e. The minimum absolute atomic E-state index is 0.0530. The highest BCUT2D eigenvalue weighted by atomic mass is 32.1. The zero-order valence-corrected chi connectivity index (χ0v) is 7.59. The van der Waals surface area contributed by atoms with Crippen LogP contribution in [0.25, 0.3) is 0 Å². The minimum Gasteiger partial charge on any atom is -0.315 e. The van der Waals surface area contributed by atoms with Gasteiger partial charge in [0.1, 0.15) is 5.82 Å². The van der Waals surface area contributed by atoms with Crippen LogP contribution in [0.15, 0.2) is 6.07 Å². The van der Waals surface area contributed by atoms with Gasteiger partial charge in [0.05, 0.1) is 0 Å². The number of halogens is 1. The van der Waals surface area contributed by atoms with Gasteiger partial charge in [-0.25, -0.2) is 4.39 Å². The summed E-state index contributed by atoms with van der Waals surface area (Å²) >= 11 is 1.55. The number of hydrogen-bond donors (Lipinski definition) is 1. The van der Waals surface area contributed by atoms with Gasteiger partial charge in [0.25, 0.3) is 0 Å². The first-order chi connectivity index (χ1) is 5.27. The SMILES string of the molecule is CCc1sc(CNC)cc1F. The van der Waals surface area contributed by atoms with E-state index in [1.54, 1.807) is 17.4 Å². The molecule has 62 valence electrons. The Kier molecular flexibility index (Phi) is 3.02. The maximum absolute atomic E-state index is 12.9. The Morgan fingerprint density at radius 1 is 1.64 bits per heavy atom. The third-order valence-corrected chi connectivity index (χ3v) is 2.73. The second-order valence-electron chi connectivity index (χ2n) is 2.37. The summed E-state index contributed by atoms with van der Waals surface area (Å²) < 4.78 is 12.9. The fourth-order valence-electron chi connectivity index (χ4n) is 0.961. The fourth-order valence-corrected chi connectivity index (χ4v) is 1.96. The van der Waals surface area contributed by atoms with Crippen LogP contribution >= 0.6 is 11.3 Å². The van der Waals surface area contributed by atoms with E-state index in [0.29, 0.717) is 0 Å². The molecule has 0 radical (unpaired) electrons. The van der Waals surface area contributed by atoms with Gasteiger partial charge in [0.15, 0.2) is 0 Å². The molecule has 1 aromatic rings. The monoisotopic (exact) mass is 173 g/mol. The number of rotatable bonds is 3. The molecular weight excluding hydrogens is 161 g/mol. The molecule has 0 bridgehead atoms. The van der Waals surface area contributed by atoms with Crippen molar-refractivity contribution in [3.63, 3.8) is 0 Å². The second kappa shape index (κ2) is 3.83. The molecule has 0 saturated heterocycles. The first-order valence-electron chi connectivity index (χ1n) is 3.69. The highest BCUT2D eigenvalue weighted by molar-refractivity contribution is 7.12. The van der Waals surface area contributed by atoms with Crippen LogP contribution < -0.4 is 5.32 Å². The summed E-state index contributed by atoms with van der Waals surface area (Å²) in [5.41, 5.74) is 0. The lowest BCUT2D eigenvalue weighted by molar-refractivity contribution is 0.618. The summed E-state index contributed by atoms with van der Waals surface area (Å²) in [6, 6.07) is 1.61. The average molecular weight is 173 g/mol. The highest BCUT2D eigenvalue weighted by Gasteiger charge is 2.05. The van der Waals surface area contributed by atoms with Crippen molar-refractivity contribution in [2.75, 3.05) is 7.05 Å². The van der Waals surface area contributed by atoms with Gasteiger partial charge in [-0.3, -0.25) is 0 Å². The summed E-state index contributed by atoms with van der Waals surface area (Å²) in [4.78, 5) is 1.93. The van der Waals surface area contributed by atoms with E-state index < -0.39 is 0 Å². The topological polar surface area (TPSA) is 12.0 Å². The Morgan fingerprint density at radius 3 is 2.82 bits per heavy atom. The fraction of sp³-hybridized carbons (Fsp3) is 0.500. The molecule has 1 rings (SSSR count). The summed E-state index contributed by atoms with van der Waals surface area (Å²) in [5, 5.41) is 2.99. The number of aryl methyl sites for hydroxylation is 1. The molecule has 0 saturated carbocycles. The Bertz CT molecular complexity index is 232. The van der Waals surface area contributed by atoms with Crippen molar-refractivity contribution in [1.82, 2.24) is 5.32 Å². The number of thiophene rings is 1. The van der Waals surface area contributed by atoms with E-state index in [9.17, 15) is 4.39 Å². The molecule has 0 unspecified atom stereocenters. The predicted octanol–water partition coefficient (Wildman–Crippen LogP) is 2.17. The second-order valence-corrected chi connectivity index (χ2v) is 3.59. The number of hydrogen-bond acceptors (Lipinski definition) is 2. The van der Waals surface area contributed by atoms with Gasteiger partial charge >= 0.3 is 0 Å². The molecule has 0 spiro atoms. The van der Waals surface area contributed by atoms with Crippen LogP contribution in [-0.2, 0) is 13.0 Å². The average Bonchev–Trinajstić information content (AvgIpc) is 2.32. The van der Waals surface area contributed by atoms with E-state index in [2.05, 4.69) is 5.32 Å². The molecule has 1 nitrogen and oxygen atoms in total. The van der Waals surface area contributed by atoms with E-state index in [4.69, 9.17) is 0 Å². The molecule has 0 aromatic carbocycles. The molecule has 0 aliphatic rings.